The van der Waals surface area contributed by atoms with Gasteiger partial charge >= 0.3 is 0 Å². The highest BCUT2D eigenvalue weighted by molar-refractivity contribution is 7.03. The average Bonchev–Trinajstić information content (AvgIpc) is 2.82. The molecule has 0 aliphatic rings. The van der Waals surface area contributed by atoms with Gasteiger partial charge in [0, 0.05) is 22.5 Å². The largest absolute Gasteiger partial charge is 0.496 e. The first-order valence-corrected chi connectivity index (χ1v) is 6.85. The maximum atomic E-state index is 12.0. The van der Waals surface area contributed by atoms with Gasteiger partial charge in [-0.1, -0.05) is 11.6 Å². The monoisotopic (exact) mass is 296 g/mol. The Morgan fingerprint density at radius 3 is 2.95 bits per heavy atom. The fraction of sp³-hybridized carbons (Fsp3) is 0.231. The number of carbonyl (C=O) groups is 1. The quantitative estimate of drug-likeness (QED) is 0.943. The standard InChI is InChI=1S/C13H13ClN2O2S/c1-8-11(7-19-16-8)13(17)15-6-9-5-10(14)3-4-12(9)18-2/h3-5,7H,6H2,1-2H3,(H,15,17). The van der Waals surface area contributed by atoms with Crippen molar-refractivity contribution in [1.82, 2.24) is 9.69 Å². The average molecular weight is 297 g/mol. The maximum absolute atomic E-state index is 12.0. The van der Waals surface area contributed by atoms with Gasteiger partial charge in [0.15, 0.2) is 0 Å². The third-order valence-electron chi connectivity index (χ3n) is 2.68. The molecule has 1 aromatic heterocycles. The Balaban J connectivity index is 2.09. The van der Waals surface area contributed by atoms with E-state index in [9.17, 15) is 4.79 Å². The van der Waals surface area contributed by atoms with Crippen molar-refractivity contribution in [3.05, 3.63) is 45.4 Å². The predicted molar refractivity (Wildman–Crippen MR) is 76.0 cm³/mol. The van der Waals surface area contributed by atoms with Gasteiger partial charge in [-0.15, -0.1) is 0 Å². The Morgan fingerprint density at radius 2 is 2.32 bits per heavy atom. The number of ether oxygens (including phenoxy) is 1. The number of aromatic nitrogens is 1. The molecule has 0 spiro atoms. The Kier molecular flexibility index (Phi) is 4.39. The number of halogens is 1. The van der Waals surface area contributed by atoms with Gasteiger partial charge in [-0.2, -0.15) is 4.37 Å². The lowest BCUT2D eigenvalue weighted by atomic mass is 10.2. The van der Waals surface area contributed by atoms with E-state index in [1.165, 1.54) is 11.5 Å². The highest BCUT2D eigenvalue weighted by Crippen LogP contribution is 2.22. The van der Waals surface area contributed by atoms with Gasteiger partial charge < -0.3 is 10.1 Å². The van der Waals surface area contributed by atoms with Crippen LogP contribution in [-0.2, 0) is 6.54 Å². The van der Waals surface area contributed by atoms with Crippen LogP contribution < -0.4 is 10.1 Å². The molecular weight excluding hydrogens is 284 g/mol. The zero-order valence-electron chi connectivity index (χ0n) is 10.6. The minimum absolute atomic E-state index is 0.145. The molecule has 4 nitrogen and oxygen atoms in total. The first-order valence-electron chi connectivity index (χ1n) is 5.63. The second-order valence-corrected chi connectivity index (χ2v) is 5.02. The van der Waals surface area contributed by atoms with Gasteiger partial charge in [0.2, 0.25) is 0 Å². The molecule has 0 radical (unpaired) electrons. The van der Waals surface area contributed by atoms with Crippen molar-refractivity contribution in [2.75, 3.05) is 7.11 Å². The zero-order chi connectivity index (χ0) is 13.8. The van der Waals surface area contributed by atoms with Crippen LogP contribution in [-0.4, -0.2) is 17.4 Å². The number of amides is 1. The van der Waals surface area contributed by atoms with Crippen molar-refractivity contribution in [2.45, 2.75) is 13.5 Å². The Labute approximate surface area is 120 Å². The molecule has 19 heavy (non-hydrogen) atoms. The van der Waals surface area contributed by atoms with Crippen LogP contribution in [0.15, 0.2) is 23.6 Å². The van der Waals surface area contributed by atoms with Gasteiger partial charge in [-0.25, -0.2) is 0 Å². The number of nitrogens with one attached hydrogen (secondary N) is 1. The van der Waals surface area contributed by atoms with Crippen molar-refractivity contribution in [1.29, 1.82) is 0 Å². The normalized spacial score (nSPS) is 10.3. The lowest BCUT2D eigenvalue weighted by Crippen LogP contribution is -2.23. The molecule has 6 heteroatoms. The van der Waals surface area contributed by atoms with Crippen LogP contribution in [0.1, 0.15) is 21.6 Å². The van der Waals surface area contributed by atoms with Crippen LogP contribution in [0.25, 0.3) is 0 Å². The number of carbonyl (C=O) groups excluding carboxylic acids is 1. The third kappa shape index (κ3) is 3.24. The summed E-state index contributed by atoms with van der Waals surface area (Å²) in [7, 11) is 1.58. The van der Waals surface area contributed by atoms with E-state index in [0.29, 0.717) is 22.9 Å². The summed E-state index contributed by atoms with van der Waals surface area (Å²) in [5, 5.41) is 5.18. The van der Waals surface area contributed by atoms with Crippen LogP contribution >= 0.6 is 23.1 Å². The predicted octanol–water partition coefficient (Wildman–Crippen LogP) is 3.04. The molecule has 100 valence electrons. The van der Waals surface area contributed by atoms with Crippen LogP contribution in [0.3, 0.4) is 0 Å². The van der Waals surface area contributed by atoms with Gasteiger partial charge in [0.1, 0.15) is 5.75 Å². The fourth-order valence-corrected chi connectivity index (χ4v) is 2.55. The number of hydrogen-bond donors (Lipinski definition) is 1. The van der Waals surface area contributed by atoms with Crippen molar-refractivity contribution in [3.8, 4) is 5.75 Å². The van der Waals surface area contributed by atoms with Crippen LogP contribution in [0.5, 0.6) is 5.75 Å². The van der Waals surface area contributed by atoms with E-state index in [1.54, 1.807) is 30.7 Å². The first-order chi connectivity index (χ1) is 9.11. The summed E-state index contributed by atoms with van der Waals surface area (Å²) in [5.41, 5.74) is 2.18. The number of hydrogen-bond acceptors (Lipinski definition) is 4. The molecular formula is C13H13ClN2O2S. The number of nitrogens with zero attached hydrogens (tertiary/aromatic N) is 1. The molecule has 2 rings (SSSR count). The minimum Gasteiger partial charge on any atom is -0.496 e. The van der Waals surface area contributed by atoms with E-state index in [4.69, 9.17) is 16.3 Å². The number of methoxy groups -OCH3 is 1. The summed E-state index contributed by atoms with van der Waals surface area (Å²) in [5.74, 6) is 0.554. The fourth-order valence-electron chi connectivity index (χ4n) is 1.67. The molecule has 2 aromatic rings. The number of rotatable bonds is 4. The lowest BCUT2D eigenvalue weighted by Gasteiger charge is -2.10. The second-order valence-electron chi connectivity index (χ2n) is 3.95. The van der Waals surface area contributed by atoms with E-state index in [1.807, 2.05) is 6.92 Å². The Morgan fingerprint density at radius 1 is 1.53 bits per heavy atom. The topological polar surface area (TPSA) is 51.2 Å². The Hall–Kier alpha value is -1.59. The molecule has 0 saturated carbocycles. The molecule has 0 saturated heterocycles. The summed E-state index contributed by atoms with van der Waals surface area (Å²) >= 11 is 7.21. The summed E-state index contributed by atoms with van der Waals surface area (Å²) in [6.45, 7) is 2.17. The molecule has 1 aromatic carbocycles. The molecule has 0 atom stereocenters. The van der Waals surface area contributed by atoms with E-state index < -0.39 is 0 Å². The van der Waals surface area contributed by atoms with E-state index >= 15 is 0 Å². The molecule has 0 fully saturated rings. The SMILES string of the molecule is COc1ccc(Cl)cc1CNC(=O)c1csnc1C. The molecule has 0 aliphatic heterocycles. The summed E-state index contributed by atoms with van der Waals surface area (Å²) in [4.78, 5) is 12.0. The summed E-state index contributed by atoms with van der Waals surface area (Å²) in [6.07, 6.45) is 0. The minimum atomic E-state index is -0.145. The number of benzene rings is 1. The van der Waals surface area contributed by atoms with Crippen LogP contribution in [0, 0.1) is 6.92 Å². The van der Waals surface area contributed by atoms with Crippen LogP contribution in [0.4, 0.5) is 0 Å². The van der Waals surface area contributed by atoms with Gasteiger partial charge in [0.05, 0.1) is 18.4 Å². The van der Waals surface area contributed by atoms with Crippen molar-refractivity contribution < 1.29 is 9.53 Å². The maximum Gasteiger partial charge on any atom is 0.254 e. The van der Waals surface area contributed by atoms with E-state index in [0.717, 1.165) is 11.3 Å². The molecule has 0 bridgehead atoms. The van der Waals surface area contributed by atoms with Gasteiger partial charge in [0.25, 0.3) is 5.91 Å². The zero-order valence-corrected chi connectivity index (χ0v) is 12.1. The van der Waals surface area contributed by atoms with E-state index in [-0.39, 0.29) is 5.91 Å². The summed E-state index contributed by atoms with van der Waals surface area (Å²) < 4.78 is 9.30. The van der Waals surface area contributed by atoms with Crippen molar-refractivity contribution in [3.63, 3.8) is 0 Å². The lowest BCUT2D eigenvalue weighted by molar-refractivity contribution is 0.0950. The van der Waals surface area contributed by atoms with E-state index in [2.05, 4.69) is 9.69 Å². The molecule has 0 aliphatic carbocycles. The van der Waals surface area contributed by atoms with Crippen LogP contribution in [0.2, 0.25) is 5.02 Å². The number of aryl methyl sites for hydroxylation is 1. The summed E-state index contributed by atoms with van der Waals surface area (Å²) in [6, 6.07) is 5.30. The third-order valence-corrected chi connectivity index (χ3v) is 3.63. The molecule has 1 N–H and O–H groups in total. The van der Waals surface area contributed by atoms with Crippen molar-refractivity contribution >= 4 is 29.0 Å². The highest BCUT2D eigenvalue weighted by atomic mass is 35.5. The first kappa shape index (κ1) is 13.8. The second kappa shape index (κ2) is 6.04. The highest BCUT2D eigenvalue weighted by Gasteiger charge is 2.12. The molecule has 1 amide bonds. The smallest absolute Gasteiger partial charge is 0.254 e. The van der Waals surface area contributed by atoms with Gasteiger partial charge in [-0.3, -0.25) is 4.79 Å². The molecule has 1 heterocycles. The Bertz CT molecular complexity index is 598. The molecule has 0 unspecified atom stereocenters. The van der Waals surface area contributed by atoms with Crippen molar-refractivity contribution in [2.24, 2.45) is 0 Å². The van der Waals surface area contributed by atoms with Gasteiger partial charge in [-0.05, 0) is 36.7 Å².